The number of likely N-dealkylation sites (tertiary alicyclic amines) is 1. The summed E-state index contributed by atoms with van der Waals surface area (Å²) in [5.74, 6) is 0.439. The van der Waals surface area contributed by atoms with Crippen LogP contribution in [0.4, 0.5) is 4.79 Å². The van der Waals surface area contributed by atoms with E-state index in [9.17, 15) is 9.59 Å². The van der Waals surface area contributed by atoms with Crippen LogP contribution < -0.4 is 5.32 Å². The molecule has 8 nitrogen and oxygen atoms in total. The summed E-state index contributed by atoms with van der Waals surface area (Å²) in [6, 6.07) is 4.12. The molecule has 144 valence electrons. The van der Waals surface area contributed by atoms with Gasteiger partial charge in [-0.05, 0) is 25.3 Å². The molecular formula is C19H26N6O2. The maximum atomic E-state index is 12.6. The average molecular weight is 370 g/mol. The first-order chi connectivity index (χ1) is 13.1. The van der Waals surface area contributed by atoms with E-state index in [0.717, 1.165) is 31.5 Å². The van der Waals surface area contributed by atoms with Crippen LogP contribution in [-0.2, 0) is 17.9 Å². The van der Waals surface area contributed by atoms with Crippen LogP contribution in [0.3, 0.4) is 0 Å². The van der Waals surface area contributed by atoms with E-state index in [1.54, 1.807) is 11.0 Å². The molecule has 1 aromatic rings. The summed E-state index contributed by atoms with van der Waals surface area (Å²) in [5, 5.41) is 16.3. The van der Waals surface area contributed by atoms with Crippen molar-refractivity contribution in [1.82, 2.24) is 24.9 Å². The van der Waals surface area contributed by atoms with E-state index in [4.69, 9.17) is 5.26 Å². The zero-order chi connectivity index (χ0) is 18.8. The molecular weight excluding hydrogens is 344 g/mol. The highest BCUT2D eigenvalue weighted by Gasteiger charge is 2.35. The van der Waals surface area contributed by atoms with Gasteiger partial charge in [0.05, 0.1) is 12.2 Å². The maximum absolute atomic E-state index is 12.6. The first-order valence-corrected chi connectivity index (χ1v) is 9.93. The summed E-state index contributed by atoms with van der Waals surface area (Å²) >= 11 is 0. The number of amides is 3. The molecule has 0 aromatic carbocycles. The van der Waals surface area contributed by atoms with Crippen molar-refractivity contribution >= 4 is 11.9 Å². The third kappa shape index (κ3) is 3.77. The van der Waals surface area contributed by atoms with Crippen molar-refractivity contribution in [3.05, 3.63) is 17.5 Å². The average Bonchev–Trinajstić information content (AvgIpc) is 3.37. The molecule has 1 atom stereocenters. The summed E-state index contributed by atoms with van der Waals surface area (Å²) in [4.78, 5) is 28.7. The minimum atomic E-state index is -0.102. The largest absolute Gasteiger partial charge is 0.339 e. The molecule has 4 rings (SSSR count). The van der Waals surface area contributed by atoms with Gasteiger partial charge < -0.3 is 15.1 Å². The summed E-state index contributed by atoms with van der Waals surface area (Å²) in [6.45, 7) is 3.14. The number of nitrogens with one attached hydrogen (secondary N) is 1. The van der Waals surface area contributed by atoms with Crippen LogP contribution in [0.25, 0.3) is 0 Å². The van der Waals surface area contributed by atoms with Gasteiger partial charge in [0.15, 0.2) is 5.69 Å². The summed E-state index contributed by atoms with van der Waals surface area (Å²) in [6.07, 6.45) is 6.02. The number of aryl methyl sites for hydroxylation is 1. The van der Waals surface area contributed by atoms with Crippen LogP contribution in [0.15, 0.2) is 6.07 Å². The SMILES string of the molecule is N#Cc1cc2n(n1)CCCN(C(=O)NCC1CC(=O)N(C3CCCC3)C1)C2. The van der Waals surface area contributed by atoms with Gasteiger partial charge in [0.1, 0.15) is 6.07 Å². The Hall–Kier alpha value is -2.56. The number of nitriles is 1. The highest BCUT2D eigenvalue weighted by Crippen LogP contribution is 2.29. The first-order valence-electron chi connectivity index (χ1n) is 9.93. The molecule has 1 aliphatic carbocycles. The van der Waals surface area contributed by atoms with Crippen LogP contribution in [0.2, 0.25) is 0 Å². The van der Waals surface area contributed by atoms with Gasteiger partial charge in [-0.25, -0.2) is 4.79 Å². The second-order valence-electron chi connectivity index (χ2n) is 7.87. The van der Waals surface area contributed by atoms with Gasteiger partial charge in [-0.15, -0.1) is 0 Å². The lowest BCUT2D eigenvalue weighted by Gasteiger charge is -2.24. The number of fused-ring (bicyclic) bond motifs is 1. The highest BCUT2D eigenvalue weighted by atomic mass is 16.2. The Morgan fingerprint density at radius 3 is 2.89 bits per heavy atom. The highest BCUT2D eigenvalue weighted by molar-refractivity contribution is 5.79. The molecule has 0 radical (unpaired) electrons. The third-order valence-electron chi connectivity index (χ3n) is 5.96. The number of rotatable bonds is 3. The number of aromatic nitrogens is 2. The van der Waals surface area contributed by atoms with Crippen LogP contribution >= 0.6 is 0 Å². The Balaban J connectivity index is 1.30. The Kier molecular flexibility index (Phi) is 5.01. The van der Waals surface area contributed by atoms with Crippen molar-refractivity contribution in [3.63, 3.8) is 0 Å². The van der Waals surface area contributed by atoms with Crippen molar-refractivity contribution in [3.8, 4) is 6.07 Å². The fourth-order valence-electron chi connectivity index (χ4n) is 4.55. The van der Waals surface area contributed by atoms with E-state index in [1.807, 2.05) is 9.58 Å². The molecule has 0 spiro atoms. The third-order valence-corrected chi connectivity index (χ3v) is 5.96. The molecule has 27 heavy (non-hydrogen) atoms. The lowest BCUT2D eigenvalue weighted by atomic mass is 10.1. The standard InChI is InChI=1S/C19H26N6O2/c20-10-15-9-17-13-23(6-3-7-25(17)22-15)19(27)21-11-14-8-18(26)24(12-14)16-4-1-2-5-16/h9,14,16H,1-8,11-13H2,(H,21,27). The number of nitrogens with zero attached hydrogens (tertiary/aromatic N) is 5. The number of hydrogen-bond donors (Lipinski definition) is 1. The minimum absolute atomic E-state index is 0.102. The predicted octanol–water partition coefficient (Wildman–Crippen LogP) is 1.46. The van der Waals surface area contributed by atoms with E-state index >= 15 is 0 Å². The van der Waals surface area contributed by atoms with Crippen molar-refractivity contribution < 1.29 is 9.59 Å². The first kappa shape index (κ1) is 17.8. The molecule has 1 saturated carbocycles. The second-order valence-corrected chi connectivity index (χ2v) is 7.87. The molecule has 1 saturated heterocycles. The molecule has 2 fully saturated rings. The topological polar surface area (TPSA) is 94.3 Å². The van der Waals surface area contributed by atoms with E-state index in [1.165, 1.54) is 12.8 Å². The van der Waals surface area contributed by atoms with Crippen molar-refractivity contribution in [2.75, 3.05) is 19.6 Å². The maximum Gasteiger partial charge on any atom is 0.317 e. The minimum Gasteiger partial charge on any atom is -0.339 e. The quantitative estimate of drug-likeness (QED) is 0.871. The molecule has 3 aliphatic rings. The number of carbonyl (C=O) groups excluding carboxylic acids is 2. The normalized spacial score (nSPS) is 23.2. The van der Waals surface area contributed by atoms with Gasteiger partial charge in [-0.1, -0.05) is 12.8 Å². The fourth-order valence-corrected chi connectivity index (χ4v) is 4.55. The lowest BCUT2D eigenvalue weighted by Crippen LogP contribution is -2.42. The van der Waals surface area contributed by atoms with Gasteiger partial charge in [0.2, 0.25) is 5.91 Å². The lowest BCUT2D eigenvalue weighted by molar-refractivity contribution is -0.129. The second kappa shape index (κ2) is 7.59. The number of carbonyl (C=O) groups is 2. The van der Waals surface area contributed by atoms with Gasteiger partial charge in [0.25, 0.3) is 0 Å². The Labute approximate surface area is 159 Å². The van der Waals surface area contributed by atoms with Crippen molar-refractivity contribution in [2.45, 2.75) is 57.7 Å². The fraction of sp³-hybridized carbons (Fsp3) is 0.684. The smallest absolute Gasteiger partial charge is 0.317 e. The van der Waals surface area contributed by atoms with E-state index in [0.29, 0.717) is 44.3 Å². The summed E-state index contributed by atoms with van der Waals surface area (Å²) in [5.41, 5.74) is 1.28. The van der Waals surface area contributed by atoms with E-state index in [-0.39, 0.29) is 17.9 Å². The molecule has 1 aromatic heterocycles. The molecule has 2 aliphatic heterocycles. The monoisotopic (exact) mass is 370 g/mol. The molecule has 8 heteroatoms. The zero-order valence-corrected chi connectivity index (χ0v) is 15.6. The van der Waals surface area contributed by atoms with E-state index < -0.39 is 0 Å². The Bertz CT molecular complexity index is 761. The Morgan fingerprint density at radius 1 is 1.30 bits per heavy atom. The number of urea groups is 1. The summed E-state index contributed by atoms with van der Waals surface area (Å²) in [7, 11) is 0. The van der Waals surface area contributed by atoms with Gasteiger partial charge in [-0.2, -0.15) is 10.4 Å². The van der Waals surface area contributed by atoms with Crippen molar-refractivity contribution in [1.29, 1.82) is 5.26 Å². The molecule has 3 amide bonds. The van der Waals surface area contributed by atoms with Crippen LogP contribution in [0.5, 0.6) is 0 Å². The summed E-state index contributed by atoms with van der Waals surface area (Å²) < 4.78 is 1.82. The molecule has 1 N–H and O–H groups in total. The number of hydrogen-bond acceptors (Lipinski definition) is 4. The van der Waals surface area contributed by atoms with Crippen LogP contribution in [0.1, 0.15) is 49.9 Å². The van der Waals surface area contributed by atoms with Gasteiger partial charge in [0, 0.05) is 44.6 Å². The van der Waals surface area contributed by atoms with E-state index in [2.05, 4.69) is 16.5 Å². The van der Waals surface area contributed by atoms with Gasteiger partial charge >= 0.3 is 6.03 Å². The zero-order valence-electron chi connectivity index (χ0n) is 15.6. The van der Waals surface area contributed by atoms with Gasteiger partial charge in [-0.3, -0.25) is 9.48 Å². The van der Waals surface area contributed by atoms with Crippen LogP contribution in [0, 0.1) is 17.2 Å². The Morgan fingerprint density at radius 2 is 2.11 bits per heavy atom. The molecule has 1 unspecified atom stereocenters. The molecule has 3 heterocycles. The van der Waals surface area contributed by atoms with Crippen molar-refractivity contribution in [2.24, 2.45) is 5.92 Å². The molecule has 0 bridgehead atoms. The predicted molar refractivity (Wildman–Crippen MR) is 97.4 cm³/mol. The van der Waals surface area contributed by atoms with Crippen LogP contribution in [-0.4, -0.2) is 57.2 Å².